The van der Waals surface area contributed by atoms with Gasteiger partial charge < -0.3 is 9.47 Å². The van der Waals surface area contributed by atoms with Crippen LogP contribution in [0.15, 0.2) is 59.7 Å². The second-order valence-electron chi connectivity index (χ2n) is 9.53. The highest BCUT2D eigenvalue weighted by molar-refractivity contribution is 14.1. The van der Waals surface area contributed by atoms with E-state index in [1.54, 1.807) is 13.3 Å². The van der Waals surface area contributed by atoms with E-state index in [9.17, 15) is 4.79 Å². The fraction of sp³-hybridized carbons (Fsp3) is 0.357. The van der Waals surface area contributed by atoms with Gasteiger partial charge in [-0.3, -0.25) is 4.79 Å². The lowest BCUT2D eigenvalue weighted by Crippen LogP contribution is -2.22. The molecule has 0 aliphatic heterocycles. The molecular formula is C28H29IN2O3. The topological polar surface area (TPSA) is 59.9 Å². The van der Waals surface area contributed by atoms with Gasteiger partial charge in [0, 0.05) is 5.92 Å². The number of halogens is 1. The van der Waals surface area contributed by atoms with Crippen molar-refractivity contribution in [1.29, 1.82) is 0 Å². The summed E-state index contributed by atoms with van der Waals surface area (Å²) in [5.74, 6) is 2.01. The zero-order chi connectivity index (χ0) is 23.7. The van der Waals surface area contributed by atoms with Crippen molar-refractivity contribution in [3.63, 3.8) is 0 Å². The minimum atomic E-state index is 0.0438. The van der Waals surface area contributed by atoms with E-state index >= 15 is 0 Å². The number of hydrogen-bond donors (Lipinski definition) is 1. The van der Waals surface area contributed by atoms with Gasteiger partial charge in [-0.15, -0.1) is 0 Å². The molecule has 1 amide bonds. The van der Waals surface area contributed by atoms with Crippen LogP contribution in [0.1, 0.15) is 43.7 Å². The summed E-state index contributed by atoms with van der Waals surface area (Å²) in [4.78, 5) is 12.7. The molecule has 0 saturated heterocycles. The van der Waals surface area contributed by atoms with Crippen LogP contribution in [-0.4, -0.2) is 19.2 Å². The molecule has 0 heterocycles. The van der Waals surface area contributed by atoms with E-state index in [4.69, 9.17) is 9.47 Å². The first-order chi connectivity index (χ1) is 16.5. The van der Waals surface area contributed by atoms with Crippen LogP contribution >= 0.6 is 22.6 Å². The summed E-state index contributed by atoms with van der Waals surface area (Å²) in [7, 11) is 1.63. The van der Waals surface area contributed by atoms with Crippen molar-refractivity contribution in [2.75, 3.05) is 7.11 Å². The van der Waals surface area contributed by atoms with Crippen molar-refractivity contribution in [2.45, 2.75) is 39.2 Å². The Labute approximate surface area is 214 Å². The van der Waals surface area contributed by atoms with Crippen LogP contribution in [0.3, 0.4) is 0 Å². The second-order valence-corrected chi connectivity index (χ2v) is 10.7. The molecular weight excluding hydrogens is 539 g/mol. The average molecular weight is 568 g/mol. The summed E-state index contributed by atoms with van der Waals surface area (Å²) < 4.78 is 12.7. The van der Waals surface area contributed by atoms with Gasteiger partial charge in [0.05, 0.1) is 16.9 Å². The van der Waals surface area contributed by atoms with Gasteiger partial charge in [-0.1, -0.05) is 62.2 Å². The Morgan fingerprint density at radius 2 is 2.03 bits per heavy atom. The van der Waals surface area contributed by atoms with Crippen LogP contribution in [-0.2, 0) is 11.4 Å². The minimum absolute atomic E-state index is 0.0438. The summed E-state index contributed by atoms with van der Waals surface area (Å²) in [6.07, 6.45) is 6.45. The number of hydrogen-bond acceptors (Lipinski definition) is 4. The molecule has 5 nitrogen and oxygen atoms in total. The molecule has 0 unspecified atom stereocenters. The molecule has 3 aromatic rings. The van der Waals surface area contributed by atoms with Crippen molar-refractivity contribution in [1.82, 2.24) is 5.43 Å². The Kier molecular flexibility index (Phi) is 6.51. The van der Waals surface area contributed by atoms with Crippen LogP contribution < -0.4 is 14.9 Å². The number of nitrogens with one attached hydrogen (secondary N) is 1. The van der Waals surface area contributed by atoms with Crippen LogP contribution in [0.5, 0.6) is 11.5 Å². The predicted molar refractivity (Wildman–Crippen MR) is 143 cm³/mol. The van der Waals surface area contributed by atoms with Crippen molar-refractivity contribution in [2.24, 2.45) is 22.4 Å². The lowest BCUT2D eigenvalue weighted by molar-refractivity contribution is -0.123. The summed E-state index contributed by atoms with van der Waals surface area (Å²) in [5.41, 5.74) is 4.92. The quantitative estimate of drug-likeness (QED) is 0.207. The van der Waals surface area contributed by atoms with E-state index < -0.39 is 0 Å². The average Bonchev–Trinajstić information content (AvgIpc) is 3.48. The molecule has 1 N–H and O–H groups in total. The Bertz CT molecular complexity index is 1250. The van der Waals surface area contributed by atoms with E-state index in [0.717, 1.165) is 27.5 Å². The molecule has 2 aliphatic carbocycles. The molecule has 0 aromatic heterocycles. The number of hydrazone groups is 1. The lowest BCUT2D eigenvalue weighted by atomic mass is 9.90. The number of rotatable bonds is 7. The third-order valence-corrected chi connectivity index (χ3v) is 8.31. The Balaban J connectivity index is 1.26. The number of carbonyl (C=O) groups is 1. The molecule has 0 bridgehead atoms. The predicted octanol–water partition coefficient (Wildman–Crippen LogP) is 6.31. The molecule has 6 heteroatoms. The smallest absolute Gasteiger partial charge is 0.244 e. The molecule has 176 valence electrons. The highest BCUT2D eigenvalue weighted by Crippen LogP contribution is 2.66. The fourth-order valence-electron chi connectivity index (χ4n) is 5.61. The second kappa shape index (κ2) is 9.56. The highest BCUT2D eigenvalue weighted by Gasteiger charge is 2.64. The van der Waals surface area contributed by atoms with Gasteiger partial charge in [0.15, 0.2) is 11.5 Å². The van der Waals surface area contributed by atoms with Gasteiger partial charge in [0.2, 0.25) is 5.91 Å². The first-order valence-electron chi connectivity index (χ1n) is 11.8. The molecule has 2 saturated carbocycles. The number of fused-ring (bicyclic) bond motifs is 2. The SMILES string of the molecule is COc1cc(/C=N\NC(=O)[C@H]2[C@@H]3CCCC[C@]32C)cc(I)c1OCc1cccc2ccccc12. The van der Waals surface area contributed by atoms with Gasteiger partial charge in [-0.05, 0) is 80.8 Å². The number of carbonyl (C=O) groups excluding carboxylic acids is 1. The van der Waals surface area contributed by atoms with Crippen LogP contribution in [0.25, 0.3) is 10.8 Å². The first kappa shape index (κ1) is 23.1. The summed E-state index contributed by atoms with van der Waals surface area (Å²) in [6.45, 7) is 2.69. The number of methoxy groups -OCH3 is 1. The van der Waals surface area contributed by atoms with Gasteiger partial charge in [0.25, 0.3) is 0 Å². The third-order valence-electron chi connectivity index (χ3n) is 7.51. The molecule has 2 aliphatic rings. The maximum Gasteiger partial charge on any atom is 0.244 e. The largest absolute Gasteiger partial charge is 0.493 e. The summed E-state index contributed by atoms with van der Waals surface area (Å²) >= 11 is 2.25. The van der Waals surface area contributed by atoms with E-state index in [1.807, 2.05) is 30.3 Å². The summed E-state index contributed by atoms with van der Waals surface area (Å²) in [6, 6.07) is 18.4. The van der Waals surface area contributed by atoms with Crippen molar-refractivity contribution < 1.29 is 14.3 Å². The van der Waals surface area contributed by atoms with Crippen molar-refractivity contribution in [3.8, 4) is 11.5 Å². The molecule has 0 spiro atoms. The van der Waals surface area contributed by atoms with E-state index in [0.29, 0.717) is 24.0 Å². The maximum absolute atomic E-state index is 12.7. The van der Waals surface area contributed by atoms with Crippen molar-refractivity contribution in [3.05, 3.63) is 69.3 Å². The molecule has 5 rings (SSSR count). The van der Waals surface area contributed by atoms with Crippen LogP contribution in [0.4, 0.5) is 0 Å². The number of amides is 1. The van der Waals surface area contributed by atoms with Crippen LogP contribution in [0, 0.1) is 20.8 Å². The van der Waals surface area contributed by atoms with E-state index in [-0.39, 0.29) is 17.2 Å². The molecule has 0 radical (unpaired) electrons. The van der Waals surface area contributed by atoms with Gasteiger partial charge >= 0.3 is 0 Å². The van der Waals surface area contributed by atoms with Crippen molar-refractivity contribution >= 4 is 45.5 Å². The normalized spacial score (nSPS) is 23.5. The van der Waals surface area contributed by atoms with Gasteiger partial charge in [-0.25, -0.2) is 5.43 Å². The van der Waals surface area contributed by atoms with E-state index in [1.165, 1.54) is 23.6 Å². The molecule has 34 heavy (non-hydrogen) atoms. The number of benzene rings is 3. The fourth-order valence-corrected chi connectivity index (χ4v) is 6.39. The molecule has 3 atom stereocenters. The number of nitrogens with zero attached hydrogens (tertiary/aromatic N) is 1. The Hall–Kier alpha value is -2.61. The standard InChI is InChI=1S/C28H29IN2O3/c1-28-13-6-5-12-22(28)25(28)27(32)31-30-16-18-14-23(29)26(24(15-18)33-2)34-17-20-10-7-9-19-8-3-4-11-21(19)20/h3-4,7-11,14-16,22,25H,5-6,12-13,17H2,1-2H3,(H,31,32)/b30-16-/t22-,25+,28+/m0/s1. The van der Waals surface area contributed by atoms with Crippen LogP contribution in [0.2, 0.25) is 0 Å². The molecule has 2 fully saturated rings. The number of ether oxygens (including phenoxy) is 2. The first-order valence-corrected chi connectivity index (χ1v) is 12.9. The lowest BCUT2D eigenvalue weighted by Gasteiger charge is -2.15. The summed E-state index contributed by atoms with van der Waals surface area (Å²) in [5, 5.41) is 6.62. The third kappa shape index (κ3) is 4.40. The zero-order valence-corrected chi connectivity index (χ0v) is 21.7. The maximum atomic E-state index is 12.7. The zero-order valence-electron chi connectivity index (χ0n) is 19.5. The van der Waals surface area contributed by atoms with E-state index in [2.05, 4.69) is 64.3 Å². The van der Waals surface area contributed by atoms with Gasteiger partial charge in [0.1, 0.15) is 6.61 Å². The minimum Gasteiger partial charge on any atom is -0.493 e. The Morgan fingerprint density at radius 3 is 2.82 bits per heavy atom. The Morgan fingerprint density at radius 1 is 1.21 bits per heavy atom. The highest BCUT2D eigenvalue weighted by atomic mass is 127. The monoisotopic (exact) mass is 568 g/mol. The molecule has 3 aromatic carbocycles. The van der Waals surface area contributed by atoms with Gasteiger partial charge in [-0.2, -0.15) is 5.10 Å².